The average Bonchev–Trinajstić information content (AvgIpc) is 2.88. The molecule has 0 spiro atoms. The topological polar surface area (TPSA) is 38.9 Å². The van der Waals surface area contributed by atoms with Gasteiger partial charge in [-0.05, 0) is 42.7 Å². The summed E-state index contributed by atoms with van der Waals surface area (Å²) in [4.78, 5) is 4.55. The lowest BCUT2D eigenvalue weighted by Crippen LogP contribution is -2.32. The van der Waals surface area contributed by atoms with Crippen molar-refractivity contribution in [1.82, 2.24) is 4.98 Å². The zero-order chi connectivity index (χ0) is 12.6. The lowest BCUT2D eigenvalue weighted by Gasteiger charge is -2.27. The molecule has 3 heteroatoms. The van der Waals surface area contributed by atoms with E-state index >= 15 is 0 Å². The molecule has 3 rings (SSSR count). The van der Waals surface area contributed by atoms with Crippen LogP contribution in [0.5, 0.6) is 0 Å². The van der Waals surface area contributed by atoms with Crippen molar-refractivity contribution in [3.8, 4) is 0 Å². The molecule has 0 aliphatic heterocycles. The fourth-order valence-electron chi connectivity index (χ4n) is 3.05. The third kappa shape index (κ3) is 1.90. The van der Waals surface area contributed by atoms with Gasteiger partial charge in [0.15, 0.2) is 0 Å². The van der Waals surface area contributed by atoms with E-state index < -0.39 is 0 Å². The molecule has 1 aromatic heterocycles. The number of hydrogen-bond acceptors (Lipinski definition) is 2. The highest BCUT2D eigenvalue weighted by atomic mass is 35.5. The molecule has 0 bridgehead atoms. The zero-order valence-corrected chi connectivity index (χ0v) is 11.1. The molecule has 0 unspecified atom stereocenters. The minimum absolute atomic E-state index is 0.142. The van der Waals surface area contributed by atoms with Gasteiger partial charge in [0.1, 0.15) is 0 Å². The van der Waals surface area contributed by atoms with Gasteiger partial charge >= 0.3 is 0 Å². The number of nitrogens with zero attached hydrogens (tertiary/aromatic N) is 1. The molecule has 1 fully saturated rings. The van der Waals surface area contributed by atoms with Crippen molar-refractivity contribution in [2.75, 3.05) is 6.54 Å². The third-order valence-electron chi connectivity index (χ3n) is 4.21. The Balaban J connectivity index is 2.12. The number of benzene rings is 1. The number of aromatic nitrogens is 1. The quantitative estimate of drug-likeness (QED) is 0.895. The molecule has 2 aromatic rings. The molecule has 0 radical (unpaired) electrons. The Bertz CT molecular complexity index is 574. The molecule has 1 aliphatic carbocycles. The Morgan fingerprint density at radius 2 is 2.00 bits per heavy atom. The van der Waals surface area contributed by atoms with Gasteiger partial charge in [-0.2, -0.15) is 0 Å². The van der Waals surface area contributed by atoms with Gasteiger partial charge < -0.3 is 5.73 Å². The summed E-state index contributed by atoms with van der Waals surface area (Å²) >= 11 is 6.05. The summed E-state index contributed by atoms with van der Waals surface area (Å²) in [5, 5.41) is 1.87. The van der Waals surface area contributed by atoms with Gasteiger partial charge in [-0.1, -0.05) is 24.4 Å². The van der Waals surface area contributed by atoms with E-state index in [-0.39, 0.29) is 5.41 Å². The number of hydrogen-bond donors (Lipinski definition) is 1. The molecular weight excluding hydrogens is 244 g/mol. The second-order valence-corrected chi connectivity index (χ2v) is 5.69. The van der Waals surface area contributed by atoms with Crippen LogP contribution in [-0.4, -0.2) is 11.5 Å². The maximum Gasteiger partial charge on any atom is 0.0703 e. The fraction of sp³-hybridized carbons (Fsp3) is 0.400. The second-order valence-electron chi connectivity index (χ2n) is 5.25. The summed E-state index contributed by atoms with van der Waals surface area (Å²) in [7, 11) is 0. The Kier molecular flexibility index (Phi) is 3.00. The fourth-order valence-corrected chi connectivity index (χ4v) is 3.24. The first kappa shape index (κ1) is 11.9. The molecule has 1 saturated carbocycles. The molecule has 2 nitrogen and oxygen atoms in total. The first-order valence-corrected chi connectivity index (χ1v) is 6.87. The van der Waals surface area contributed by atoms with E-state index in [9.17, 15) is 0 Å². The van der Waals surface area contributed by atoms with Crippen LogP contribution in [0.25, 0.3) is 10.9 Å². The minimum Gasteiger partial charge on any atom is -0.330 e. The molecule has 1 aliphatic rings. The summed E-state index contributed by atoms with van der Waals surface area (Å²) in [5.41, 5.74) is 8.43. The number of nitrogens with two attached hydrogens (primary N) is 1. The van der Waals surface area contributed by atoms with E-state index in [1.807, 2.05) is 24.4 Å². The smallest absolute Gasteiger partial charge is 0.0703 e. The molecule has 0 saturated heterocycles. The van der Waals surface area contributed by atoms with Crippen molar-refractivity contribution in [3.05, 3.63) is 41.0 Å². The van der Waals surface area contributed by atoms with Crippen LogP contribution in [0.2, 0.25) is 5.02 Å². The van der Waals surface area contributed by atoms with Crippen molar-refractivity contribution in [1.29, 1.82) is 0 Å². The SMILES string of the molecule is NCC1(c2cnc3ccc(Cl)cc3c2)CCCC1. The highest BCUT2D eigenvalue weighted by Crippen LogP contribution is 2.40. The average molecular weight is 261 g/mol. The number of fused-ring (bicyclic) bond motifs is 1. The van der Waals surface area contributed by atoms with Crippen molar-refractivity contribution in [2.45, 2.75) is 31.1 Å². The molecule has 0 amide bonds. The molecule has 0 atom stereocenters. The van der Waals surface area contributed by atoms with E-state index in [0.717, 1.165) is 15.9 Å². The van der Waals surface area contributed by atoms with Crippen molar-refractivity contribution >= 4 is 22.5 Å². The molecule has 18 heavy (non-hydrogen) atoms. The Labute approximate surface area is 112 Å². The van der Waals surface area contributed by atoms with E-state index in [1.165, 1.54) is 31.2 Å². The van der Waals surface area contributed by atoms with Gasteiger partial charge in [-0.3, -0.25) is 4.98 Å². The number of rotatable bonds is 2. The van der Waals surface area contributed by atoms with Crippen LogP contribution in [0.3, 0.4) is 0 Å². The maximum absolute atomic E-state index is 6.05. The van der Waals surface area contributed by atoms with Gasteiger partial charge in [0.25, 0.3) is 0 Å². The van der Waals surface area contributed by atoms with E-state index in [1.54, 1.807) is 0 Å². The maximum atomic E-state index is 6.05. The standard InChI is InChI=1S/C15H17ClN2/c16-13-3-4-14-11(8-13)7-12(9-18-14)15(10-17)5-1-2-6-15/h3-4,7-9H,1-2,5-6,10,17H2. The summed E-state index contributed by atoms with van der Waals surface area (Å²) in [6.07, 6.45) is 6.89. The van der Waals surface area contributed by atoms with Gasteiger partial charge in [-0.25, -0.2) is 0 Å². The van der Waals surface area contributed by atoms with E-state index in [0.29, 0.717) is 6.54 Å². The Hall–Kier alpha value is -1.12. The molecule has 94 valence electrons. The normalized spacial score (nSPS) is 18.3. The van der Waals surface area contributed by atoms with Crippen LogP contribution >= 0.6 is 11.6 Å². The zero-order valence-electron chi connectivity index (χ0n) is 10.3. The van der Waals surface area contributed by atoms with E-state index in [4.69, 9.17) is 17.3 Å². The van der Waals surface area contributed by atoms with Gasteiger partial charge in [0.2, 0.25) is 0 Å². The van der Waals surface area contributed by atoms with Crippen molar-refractivity contribution in [3.63, 3.8) is 0 Å². The second kappa shape index (κ2) is 4.52. The summed E-state index contributed by atoms with van der Waals surface area (Å²) in [6.45, 7) is 0.709. The molecule has 1 heterocycles. The minimum atomic E-state index is 0.142. The van der Waals surface area contributed by atoms with Gasteiger partial charge in [-0.15, -0.1) is 0 Å². The summed E-state index contributed by atoms with van der Waals surface area (Å²) < 4.78 is 0. The van der Waals surface area contributed by atoms with E-state index in [2.05, 4.69) is 11.1 Å². The van der Waals surface area contributed by atoms with Crippen LogP contribution in [0.1, 0.15) is 31.2 Å². The number of pyridine rings is 1. The van der Waals surface area contributed by atoms with Crippen LogP contribution in [0.15, 0.2) is 30.5 Å². The first-order valence-electron chi connectivity index (χ1n) is 6.49. The van der Waals surface area contributed by atoms with Crippen molar-refractivity contribution < 1.29 is 0 Å². The van der Waals surface area contributed by atoms with Gasteiger partial charge in [0, 0.05) is 28.6 Å². The molecule has 1 aromatic carbocycles. The summed E-state index contributed by atoms with van der Waals surface area (Å²) in [6, 6.07) is 8.04. The largest absolute Gasteiger partial charge is 0.330 e. The molecular formula is C15H17ClN2. The lowest BCUT2D eigenvalue weighted by atomic mass is 9.79. The van der Waals surface area contributed by atoms with Crippen LogP contribution in [0, 0.1) is 0 Å². The highest BCUT2D eigenvalue weighted by molar-refractivity contribution is 6.31. The Morgan fingerprint density at radius 3 is 2.72 bits per heavy atom. The first-order chi connectivity index (χ1) is 8.73. The highest BCUT2D eigenvalue weighted by Gasteiger charge is 2.34. The Morgan fingerprint density at radius 1 is 1.22 bits per heavy atom. The predicted molar refractivity (Wildman–Crippen MR) is 76.0 cm³/mol. The predicted octanol–water partition coefficient (Wildman–Crippen LogP) is 3.66. The van der Waals surface area contributed by atoms with Gasteiger partial charge in [0.05, 0.1) is 5.52 Å². The third-order valence-corrected chi connectivity index (χ3v) is 4.44. The lowest BCUT2D eigenvalue weighted by molar-refractivity contribution is 0.452. The molecule has 2 N–H and O–H groups in total. The summed E-state index contributed by atoms with van der Waals surface area (Å²) in [5.74, 6) is 0. The van der Waals surface area contributed by atoms with Crippen molar-refractivity contribution in [2.24, 2.45) is 5.73 Å². The van der Waals surface area contributed by atoms with Crippen LogP contribution in [-0.2, 0) is 5.41 Å². The monoisotopic (exact) mass is 260 g/mol. The van der Waals surface area contributed by atoms with Crippen LogP contribution < -0.4 is 5.73 Å². The number of halogens is 1. The van der Waals surface area contributed by atoms with Crippen LogP contribution in [0.4, 0.5) is 0 Å².